The summed E-state index contributed by atoms with van der Waals surface area (Å²) < 4.78 is 5.17. The van der Waals surface area contributed by atoms with Crippen LogP contribution in [0.25, 0.3) is 0 Å². The van der Waals surface area contributed by atoms with Crippen LogP contribution in [0.5, 0.6) is 0 Å². The summed E-state index contributed by atoms with van der Waals surface area (Å²) in [4.78, 5) is 14.8. The highest BCUT2D eigenvalue weighted by Crippen LogP contribution is 2.15. The number of carboxylic acid groups (broad SMARTS) is 1. The minimum Gasteiger partial charge on any atom is -0.481 e. The van der Waals surface area contributed by atoms with E-state index in [0.717, 1.165) is 26.2 Å². The van der Waals surface area contributed by atoms with Crippen molar-refractivity contribution in [2.24, 2.45) is 0 Å². The monoisotopic (exact) mass is 268 g/mol. The second kappa shape index (κ2) is 6.70. The minimum absolute atomic E-state index is 0.190. The molecule has 2 rings (SSSR count). The van der Waals surface area contributed by atoms with E-state index in [1.54, 1.807) is 18.4 Å². The largest absolute Gasteiger partial charge is 0.481 e. The van der Waals surface area contributed by atoms with E-state index in [-0.39, 0.29) is 6.42 Å². The zero-order chi connectivity index (χ0) is 13.7. The Hall–Kier alpha value is -1.37. The summed E-state index contributed by atoms with van der Waals surface area (Å²) in [5, 5.41) is 18.6. The first kappa shape index (κ1) is 14.0. The Balaban J connectivity index is 1.70. The lowest BCUT2D eigenvalue weighted by molar-refractivity contribution is -0.137. The van der Waals surface area contributed by atoms with Gasteiger partial charge in [0.2, 0.25) is 0 Å². The molecule has 0 radical (unpaired) electrons. The summed E-state index contributed by atoms with van der Waals surface area (Å²) in [6.07, 6.45) is 1.15. The van der Waals surface area contributed by atoms with E-state index in [4.69, 9.17) is 9.52 Å². The predicted molar refractivity (Wildman–Crippen MR) is 68.8 cm³/mol. The molecule has 6 heteroatoms. The zero-order valence-corrected chi connectivity index (χ0v) is 10.9. The molecular weight excluding hydrogens is 248 g/mol. The summed E-state index contributed by atoms with van der Waals surface area (Å²) in [6.45, 7) is 4.54. The molecule has 0 aromatic carbocycles. The maximum Gasteiger partial charge on any atom is 0.304 e. The van der Waals surface area contributed by atoms with Crippen molar-refractivity contribution >= 4 is 5.97 Å². The first-order valence-corrected chi connectivity index (χ1v) is 6.53. The standard InChI is InChI=1S/C13H20N2O4/c16-11(12-2-1-9-19-12)10-15-7-5-14(6-8-15)4-3-13(17)18/h1-2,9,11,16H,3-8,10H2,(H,17,18). The number of aliphatic hydroxyl groups is 1. The van der Waals surface area contributed by atoms with E-state index in [1.165, 1.54) is 0 Å². The van der Waals surface area contributed by atoms with Gasteiger partial charge in [0.25, 0.3) is 0 Å². The number of β-amino-alcohol motifs (C(OH)–C–C–N with tert-alkyl or cyclic N) is 1. The molecule has 1 fully saturated rings. The summed E-state index contributed by atoms with van der Waals surface area (Å²) in [5.74, 6) is -0.163. The number of rotatable bonds is 6. The average Bonchev–Trinajstić information content (AvgIpc) is 2.92. The number of hydrogen-bond acceptors (Lipinski definition) is 5. The van der Waals surface area contributed by atoms with Crippen molar-refractivity contribution in [3.63, 3.8) is 0 Å². The van der Waals surface area contributed by atoms with Gasteiger partial charge in [0.1, 0.15) is 11.9 Å². The molecule has 0 bridgehead atoms. The molecule has 1 unspecified atom stereocenters. The van der Waals surface area contributed by atoms with Gasteiger partial charge >= 0.3 is 5.97 Å². The fourth-order valence-electron chi connectivity index (χ4n) is 2.26. The van der Waals surface area contributed by atoms with Gasteiger partial charge in [-0.2, -0.15) is 0 Å². The molecule has 1 aliphatic rings. The number of nitrogens with zero attached hydrogens (tertiary/aromatic N) is 2. The molecule has 1 aromatic heterocycles. The third-order valence-electron chi connectivity index (χ3n) is 3.41. The van der Waals surface area contributed by atoms with E-state index in [9.17, 15) is 9.90 Å². The quantitative estimate of drug-likeness (QED) is 0.778. The Bertz CT molecular complexity index is 385. The maximum absolute atomic E-state index is 10.5. The third kappa shape index (κ3) is 4.34. The van der Waals surface area contributed by atoms with E-state index in [1.807, 2.05) is 0 Å². The van der Waals surface area contributed by atoms with Gasteiger partial charge in [0.05, 0.1) is 12.7 Å². The Labute approximate surface area is 112 Å². The van der Waals surface area contributed by atoms with E-state index < -0.39 is 12.1 Å². The minimum atomic E-state index is -0.754. The van der Waals surface area contributed by atoms with E-state index in [0.29, 0.717) is 18.8 Å². The SMILES string of the molecule is O=C(O)CCN1CCN(CC(O)c2ccco2)CC1. The number of aliphatic hydroxyl groups excluding tert-OH is 1. The lowest BCUT2D eigenvalue weighted by Gasteiger charge is -2.35. The molecule has 6 nitrogen and oxygen atoms in total. The van der Waals surface area contributed by atoms with Gasteiger partial charge in [-0.05, 0) is 12.1 Å². The van der Waals surface area contributed by atoms with Crippen LogP contribution >= 0.6 is 0 Å². The van der Waals surface area contributed by atoms with Crippen molar-refractivity contribution in [1.82, 2.24) is 9.80 Å². The normalized spacial score (nSPS) is 19.4. The summed E-state index contributed by atoms with van der Waals surface area (Å²) in [5.41, 5.74) is 0. The molecule has 1 aromatic rings. The molecule has 1 aliphatic heterocycles. The molecule has 2 heterocycles. The fourth-order valence-corrected chi connectivity index (χ4v) is 2.26. The van der Waals surface area contributed by atoms with Crippen molar-refractivity contribution in [2.75, 3.05) is 39.3 Å². The molecule has 106 valence electrons. The van der Waals surface area contributed by atoms with Gasteiger partial charge in [0.15, 0.2) is 0 Å². The number of furan rings is 1. The molecular formula is C13H20N2O4. The molecule has 0 aliphatic carbocycles. The second-order valence-electron chi connectivity index (χ2n) is 4.82. The maximum atomic E-state index is 10.5. The summed E-state index contributed by atoms with van der Waals surface area (Å²) >= 11 is 0. The Morgan fingerprint density at radius 2 is 2.00 bits per heavy atom. The number of piperazine rings is 1. The highest BCUT2D eigenvalue weighted by molar-refractivity contribution is 5.66. The second-order valence-corrected chi connectivity index (χ2v) is 4.82. The zero-order valence-electron chi connectivity index (χ0n) is 10.9. The van der Waals surface area contributed by atoms with Crippen molar-refractivity contribution in [2.45, 2.75) is 12.5 Å². The van der Waals surface area contributed by atoms with Crippen LogP contribution in [0.2, 0.25) is 0 Å². The molecule has 0 saturated carbocycles. The molecule has 2 N–H and O–H groups in total. The van der Waals surface area contributed by atoms with Gasteiger partial charge in [-0.3, -0.25) is 9.69 Å². The van der Waals surface area contributed by atoms with Crippen molar-refractivity contribution in [3.8, 4) is 0 Å². The van der Waals surface area contributed by atoms with Crippen LogP contribution in [0, 0.1) is 0 Å². The third-order valence-corrected chi connectivity index (χ3v) is 3.41. The Morgan fingerprint density at radius 1 is 1.32 bits per heavy atom. The van der Waals surface area contributed by atoms with Crippen LogP contribution in [-0.2, 0) is 4.79 Å². The Morgan fingerprint density at radius 3 is 2.58 bits per heavy atom. The fraction of sp³-hybridized carbons (Fsp3) is 0.615. The topological polar surface area (TPSA) is 77.2 Å². The summed E-state index contributed by atoms with van der Waals surface area (Å²) in [7, 11) is 0. The number of aliphatic carboxylic acids is 1. The molecule has 0 amide bonds. The molecule has 1 saturated heterocycles. The van der Waals surface area contributed by atoms with E-state index in [2.05, 4.69) is 9.80 Å². The lowest BCUT2D eigenvalue weighted by atomic mass is 10.2. The highest BCUT2D eigenvalue weighted by Gasteiger charge is 2.21. The van der Waals surface area contributed by atoms with Gasteiger partial charge in [-0.15, -0.1) is 0 Å². The average molecular weight is 268 g/mol. The number of carboxylic acids is 1. The predicted octanol–water partition coefficient (Wildman–Crippen LogP) is 0.405. The van der Waals surface area contributed by atoms with Crippen LogP contribution in [-0.4, -0.2) is 65.3 Å². The first-order valence-electron chi connectivity index (χ1n) is 6.53. The van der Waals surface area contributed by atoms with Crippen LogP contribution < -0.4 is 0 Å². The van der Waals surface area contributed by atoms with Crippen molar-refractivity contribution in [3.05, 3.63) is 24.2 Å². The highest BCUT2D eigenvalue weighted by atomic mass is 16.4. The van der Waals surface area contributed by atoms with Crippen LogP contribution in [0.15, 0.2) is 22.8 Å². The first-order chi connectivity index (χ1) is 9.15. The summed E-state index contributed by atoms with van der Waals surface area (Å²) in [6, 6.07) is 3.54. The lowest BCUT2D eigenvalue weighted by Crippen LogP contribution is -2.47. The van der Waals surface area contributed by atoms with E-state index >= 15 is 0 Å². The van der Waals surface area contributed by atoms with Crippen LogP contribution in [0.1, 0.15) is 18.3 Å². The number of hydrogen-bond donors (Lipinski definition) is 2. The number of carbonyl (C=O) groups is 1. The van der Waals surface area contributed by atoms with Gasteiger partial charge in [0, 0.05) is 39.3 Å². The molecule has 1 atom stereocenters. The smallest absolute Gasteiger partial charge is 0.304 e. The van der Waals surface area contributed by atoms with Crippen LogP contribution in [0.3, 0.4) is 0 Å². The van der Waals surface area contributed by atoms with Gasteiger partial charge < -0.3 is 19.5 Å². The van der Waals surface area contributed by atoms with Crippen molar-refractivity contribution < 1.29 is 19.4 Å². The van der Waals surface area contributed by atoms with Crippen molar-refractivity contribution in [1.29, 1.82) is 0 Å². The molecule has 19 heavy (non-hydrogen) atoms. The van der Waals surface area contributed by atoms with Gasteiger partial charge in [-0.1, -0.05) is 0 Å². The Kier molecular flexibility index (Phi) is 4.95. The van der Waals surface area contributed by atoms with Gasteiger partial charge in [-0.25, -0.2) is 0 Å². The van der Waals surface area contributed by atoms with Crippen LogP contribution in [0.4, 0.5) is 0 Å². The molecule has 0 spiro atoms.